The second kappa shape index (κ2) is 6.66. The van der Waals surface area contributed by atoms with Crippen molar-refractivity contribution in [3.05, 3.63) is 46.4 Å². The molecule has 6 nitrogen and oxygen atoms in total. The van der Waals surface area contributed by atoms with Crippen LogP contribution in [0.5, 0.6) is 5.75 Å². The molecule has 122 valence electrons. The fourth-order valence-corrected chi connectivity index (χ4v) is 3.32. The molecule has 1 amide bonds. The number of halogens is 2. The lowest BCUT2D eigenvalue weighted by Crippen LogP contribution is -2.13. The molecule has 23 heavy (non-hydrogen) atoms. The third kappa shape index (κ3) is 4.07. The van der Waals surface area contributed by atoms with Crippen molar-refractivity contribution in [2.24, 2.45) is 0 Å². The van der Waals surface area contributed by atoms with Gasteiger partial charge in [-0.05, 0) is 24.3 Å². The van der Waals surface area contributed by atoms with E-state index in [0.717, 1.165) is 12.1 Å². The van der Waals surface area contributed by atoms with Crippen LogP contribution in [0.25, 0.3) is 0 Å². The highest BCUT2D eigenvalue weighted by atomic mass is 35.5. The number of nitrogen functional groups attached to an aromatic ring is 1. The standard InChI is InChI=1S/C14H12Cl2N2O4S/c1-8(19)18-12-4-2-3-5-13(12)22-23(20,21)9-6-10(15)14(17)11(16)7-9/h2-7H,17H2,1H3,(H,18,19). The summed E-state index contributed by atoms with van der Waals surface area (Å²) in [7, 11) is -4.21. The van der Waals surface area contributed by atoms with E-state index < -0.39 is 10.1 Å². The Labute approximate surface area is 143 Å². The molecule has 0 aliphatic heterocycles. The van der Waals surface area contributed by atoms with Gasteiger partial charge in [0.05, 0.1) is 21.4 Å². The number of carbonyl (C=O) groups excluding carboxylic acids is 1. The highest BCUT2D eigenvalue weighted by Gasteiger charge is 2.21. The zero-order valence-electron chi connectivity index (χ0n) is 11.8. The summed E-state index contributed by atoms with van der Waals surface area (Å²) in [6.07, 6.45) is 0. The molecule has 0 aliphatic carbocycles. The molecule has 3 N–H and O–H groups in total. The molecular formula is C14H12Cl2N2O4S. The van der Waals surface area contributed by atoms with Crippen molar-refractivity contribution in [3.63, 3.8) is 0 Å². The maximum absolute atomic E-state index is 12.4. The molecule has 2 rings (SSSR count). The lowest BCUT2D eigenvalue weighted by molar-refractivity contribution is -0.114. The number of benzene rings is 2. The molecule has 0 atom stereocenters. The Morgan fingerprint density at radius 1 is 1.17 bits per heavy atom. The monoisotopic (exact) mass is 374 g/mol. The second-order valence-corrected chi connectivity index (χ2v) is 6.88. The quantitative estimate of drug-likeness (QED) is 0.631. The first-order valence-corrected chi connectivity index (χ1v) is 8.43. The third-order valence-corrected chi connectivity index (χ3v) is 4.58. The van der Waals surface area contributed by atoms with Gasteiger partial charge in [-0.15, -0.1) is 0 Å². The van der Waals surface area contributed by atoms with Crippen LogP contribution in [0.2, 0.25) is 10.0 Å². The van der Waals surface area contributed by atoms with Crippen molar-refractivity contribution >= 4 is 50.6 Å². The molecule has 0 aromatic heterocycles. The number of carbonyl (C=O) groups is 1. The largest absolute Gasteiger partial charge is 0.396 e. The summed E-state index contributed by atoms with van der Waals surface area (Å²) in [5.74, 6) is -0.399. The smallest absolute Gasteiger partial charge is 0.339 e. The second-order valence-electron chi connectivity index (χ2n) is 4.52. The van der Waals surface area contributed by atoms with Crippen molar-refractivity contribution in [2.75, 3.05) is 11.1 Å². The molecule has 9 heteroatoms. The van der Waals surface area contributed by atoms with Gasteiger partial charge in [0, 0.05) is 6.92 Å². The number of amides is 1. The Morgan fingerprint density at radius 2 is 1.74 bits per heavy atom. The lowest BCUT2D eigenvalue weighted by Gasteiger charge is -2.12. The Kier molecular flexibility index (Phi) is 5.03. The van der Waals surface area contributed by atoms with Crippen LogP contribution in [0.15, 0.2) is 41.3 Å². The molecule has 2 aromatic rings. The fourth-order valence-electron chi connectivity index (χ4n) is 1.70. The van der Waals surface area contributed by atoms with E-state index in [1.807, 2.05) is 0 Å². The van der Waals surface area contributed by atoms with Gasteiger partial charge >= 0.3 is 10.1 Å². The molecule has 0 saturated heterocycles. The zero-order valence-corrected chi connectivity index (χ0v) is 14.2. The molecular weight excluding hydrogens is 363 g/mol. The number of hydrogen-bond acceptors (Lipinski definition) is 5. The Morgan fingerprint density at radius 3 is 2.30 bits per heavy atom. The van der Waals surface area contributed by atoms with Crippen LogP contribution in [0.3, 0.4) is 0 Å². The first-order chi connectivity index (χ1) is 10.7. The molecule has 0 fully saturated rings. The van der Waals surface area contributed by atoms with Crippen LogP contribution in [0.4, 0.5) is 11.4 Å². The number of nitrogens with one attached hydrogen (secondary N) is 1. The first-order valence-electron chi connectivity index (χ1n) is 6.26. The van der Waals surface area contributed by atoms with Gasteiger partial charge in [-0.1, -0.05) is 35.3 Å². The van der Waals surface area contributed by atoms with Gasteiger partial charge in [0.1, 0.15) is 4.90 Å². The molecule has 0 unspecified atom stereocenters. The summed E-state index contributed by atoms with van der Waals surface area (Å²) >= 11 is 11.7. The van der Waals surface area contributed by atoms with Gasteiger partial charge in [0.25, 0.3) is 0 Å². The minimum atomic E-state index is -4.21. The fraction of sp³-hybridized carbons (Fsp3) is 0.0714. The van der Waals surface area contributed by atoms with Gasteiger partial charge in [-0.2, -0.15) is 8.42 Å². The first kappa shape index (κ1) is 17.4. The Balaban J connectivity index is 2.41. The molecule has 0 bridgehead atoms. The van der Waals surface area contributed by atoms with E-state index >= 15 is 0 Å². The summed E-state index contributed by atoms with van der Waals surface area (Å²) in [5, 5.41) is 2.47. The molecule has 0 aliphatic rings. The number of hydrogen-bond donors (Lipinski definition) is 2. The molecule has 0 spiro atoms. The number of rotatable bonds is 4. The van der Waals surface area contributed by atoms with Crippen molar-refractivity contribution in [1.82, 2.24) is 0 Å². The van der Waals surface area contributed by atoms with Crippen LogP contribution < -0.4 is 15.2 Å². The summed E-state index contributed by atoms with van der Waals surface area (Å²) in [4.78, 5) is 10.9. The van der Waals surface area contributed by atoms with E-state index in [4.69, 9.17) is 33.1 Å². The number of nitrogens with two attached hydrogens (primary N) is 1. The predicted octanol–water partition coefficient (Wildman–Crippen LogP) is 3.30. The van der Waals surface area contributed by atoms with Crippen LogP contribution in [0, 0.1) is 0 Å². The topological polar surface area (TPSA) is 98.5 Å². The van der Waals surface area contributed by atoms with Crippen molar-refractivity contribution in [1.29, 1.82) is 0 Å². The molecule has 0 saturated carbocycles. The SMILES string of the molecule is CC(=O)Nc1ccccc1OS(=O)(=O)c1cc(Cl)c(N)c(Cl)c1. The number of para-hydroxylation sites is 2. The number of anilines is 2. The van der Waals surface area contributed by atoms with E-state index in [1.165, 1.54) is 19.1 Å². The predicted molar refractivity (Wildman–Crippen MR) is 89.4 cm³/mol. The van der Waals surface area contributed by atoms with E-state index in [-0.39, 0.29) is 38.0 Å². The average Bonchev–Trinajstić information content (AvgIpc) is 2.45. The molecule has 0 heterocycles. The van der Waals surface area contributed by atoms with Crippen molar-refractivity contribution < 1.29 is 17.4 Å². The summed E-state index contributed by atoms with van der Waals surface area (Å²) in [6.45, 7) is 1.30. The van der Waals surface area contributed by atoms with E-state index in [9.17, 15) is 13.2 Å². The highest BCUT2D eigenvalue weighted by Crippen LogP contribution is 2.33. The maximum atomic E-state index is 12.4. The van der Waals surface area contributed by atoms with Crippen LogP contribution in [-0.4, -0.2) is 14.3 Å². The summed E-state index contributed by atoms with van der Waals surface area (Å²) in [6, 6.07) is 8.39. The van der Waals surface area contributed by atoms with Gasteiger partial charge in [-0.25, -0.2) is 0 Å². The molecule has 0 radical (unpaired) electrons. The van der Waals surface area contributed by atoms with Gasteiger partial charge < -0.3 is 15.2 Å². The summed E-state index contributed by atoms with van der Waals surface area (Å²) in [5.41, 5.74) is 5.87. The van der Waals surface area contributed by atoms with E-state index in [0.29, 0.717) is 0 Å². The minimum absolute atomic E-state index is 0.00480. The van der Waals surface area contributed by atoms with Gasteiger partial charge in [0.2, 0.25) is 5.91 Å². The van der Waals surface area contributed by atoms with E-state index in [1.54, 1.807) is 12.1 Å². The van der Waals surface area contributed by atoms with Crippen LogP contribution >= 0.6 is 23.2 Å². The normalized spacial score (nSPS) is 11.1. The maximum Gasteiger partial charge on any atom is 0.339 e. The summed E-state index contributed by atoms with van der Waals surface area (Å²) < 4.78 is 29.8. The average molecular weight is 375 g/mol. The van der Waals surface area contributed by atoms with Crippen molar-refractivity contribution in [3.8, 4) is 5.75 Å². The van der Waals surface area contributed by atoms with E-state index in [2.05, 4.69) is 5.32 Å². The lowest BCUT2D eigenvalue weighted by atomic mass is 10.3. The highest BCUT2D eigenvalue weighted by molar-refractivity contribution is 7.87. The van der Waals surface area contributed by atoms with Crippen LogP contribution in [0.1, 0.15) is 6.92 Å². The van der Waals surface area contributed by atoms with Gasteiger partial charge in [-0.3, -0.25) is 4.79 Å². The minimum Gasteiger partial charge on any atom is -0.396 e. The van der Waals surface area contributed by atoms with Crippen LogP contribution in [-0.2, 0) is 14.9 Å². The van der Waals surface area contributed by atoms with Gasteiger partial charge in [0.15, 0.2) is 5.75 Å². The van der Waals surface area contributed by atoms with Crippen molar-refractivity contribution in [2.45, 2.75) is 11.8 Å². The molecule has 2 aromatic carbocycles. The Bertz CT molecular complexity index is 846. The Hall–Kier alpha value is -1.96. The third-order valence-electron chi connectivity index (χ3n) is 2.74. The zero-order chi connectivity index (χ0) is 17.2.